The van der Waals surface area contributed by atoms with Crippen LogP contribution in [0.1, 0.15) is 22.0 Å². The van der Waals surface area contributed by atoms with Gasteiger partial charge in [-0.3, -0.25) is 0 Å². The molecular formula is C28H19F3O4. The van der Waals surface area contributed by atoms with E-state index in [1.165, 1.54) is 55.6 Å². The standard InChI is InChI=1S/C28H19F3O4/c1-33-19-7-2-16(3-8-19)21-12-13-22(27(31)26(21)30)17-4-9-20(10-5-17)35-28(32)23-11-6-18(14-24(23)29)25-15-34-25/h2-14,25H,15H2,1H3. The third-order valence-electron chi connectivity index (χ3n) is 5.78. The van der Waals surface area contributed by atoms with Gasteiger partial charge in [0, 0.05) is 11.1 Å². The fraction of sp³-hybridized carbons (Fsp3) is 0.107. The SMILES string of the molecule is COc1ccc(-c2ccc(-c3ccc(OC(=O)c4ccc(C5CO5)cc4F)cc3)c(F)c2F)cc1. The second kappa shape index (κ2) is 9.27. The summed E-state index contributed by atoms with van der Waals surface area (Å²) in [6.07, 6.45) is -0.127. The molecule has 5 rings (SSSR count). The summed E-state index contributed by atoms with van der Waals surface area (Å²) in [6.45, 7) is 0.532. The zero-order valence-corrected chi connectivity index (χ0v) is 18.6. The van der Waals surface area contributed by atoms with Crippen molar-refractivity contribution in [2.75, 3.05) is 13.7 Å². The average Bonchev–Trinajstić information content (AvgIpc) is 3.72. The van der Waals surface area contributed by atoms with Crippen molar-refractivity contribution in [3.8, 4) is 33.8 Å². The monoisotopic (exact) mass is 476 g/mol. The molecule has 0 spiro atoms. The van der Waals surface area contributed by atoms with Crippen LogP contribution in [0.15, 0.2) is 78.9 Å². The molecule has 1 aliphatic rings. The Morgan fingerprint density at radius 1 is 0.800 bits per heavy atom. The Balaban J connectivity index is 1.33. The van der Waals surface area contributed by atoms with Gasteiger partial charge in [-0.15, -0.1) is 0 Å². The fourth-order valence-corrected chi connectivity index (χ4v) is 3.77. The molecule has 1 atom stereocenters. The fourth-order valence-electron chi connectivity index (χ4n) is 3.77. The lowest BCUT2D eigenvalue weighted by atomic mass is 9.98. The van der Waals surface area contributed by atoms with E-state index in [1.54, 1.807) is 30.3 Å². The molecular weight excluding hydrogens is 457 g/mol. The highest BCUT2D eigenvalue weighted by atomic mass is 19.2. The number of carbonyl (C=O) groups excluding carboxylic acids is 1. The van der Waals surface area contributed by atoms with Gasteiger partial charge in [0.05, 0.1) is 19.3 Å². The Kier molecular flexibility index (Phi) is 6.01. The van der Waals surface area contributed by atoms with Gasteiger partial charge in [0.1, 0.15) is 23.4 Å². The number of rotatable bonds is 6. The molecule has 1 fully saturated rings. The topological polar surface area (TPSA) is 48.1 Å². The molecule has 0 aromatic heterocycles. The number of hydrogen-bond donors (Lipinski definition) is 0. The minimum absolute atomic E-state index is 0.0570. The normalized spacial score (nSPS) is 14.5. The number of hydrogen-bond acceptors (Lipinski definition) is 4. The van der Waals surface area contributed by atoms with Gasteiger partial charge in [-0.1, -0.05) is 42.5 Å². The predicted molar refractivity (Wildman–Crippen MR) is 124 cm³/mol. The van der Waals surface area contributed by atoms with E-state index in [0.717, 1.165) is 0 Å². The highest BCUT2D eigenvalue weighted by Gasteiger charge is 2.26. The molecule has 1 aliphatic heterocycles. The highest BCUT2D eigenvalue weighted by molar-refractivity contribution is 5.91. The van der Waals surface area contributed by atoms with E-state index in [1.807, 2.05) is 0 Å². The van der Waals surface area contributed by atoms with E-state index in [-0.39, 0.29) is 28.5 Å². The summed E-state index contributed by atoms with van der Waals surface area (Å²) in [5.74, 6) is -2.78. The minimum atomic E-state index is -0.995. The van der Waals surface area contributed by atoms with E-state index in [2.05, 4.69) is 0 Å². The van der Waals surface area contributed by atoms with Gasteiger partial charge in [0.15, 0.2) is 11.6 Å². The zero-order chi connectivity index (χ0) is 24.5. The van der Waals surface area contributed by atoms with Crippen LogP contribution in [0.4, 0.5) is 13.2 Å². The summed E-state index contributed by atoms with van der Waals surface area (Å²) < 4.78 is 59.5. The second-order valence-electron chi connectivity index (χ2n) is 7.99. The molecule has 4 aromatic carbocycles. The van der Waals surface area contributed by atoms with Crippen molar-refractivity contribution in [2.45, 2.75) is 6.10 Å². The van der Waals surface area contributed by atoms with Crippen LogP contribution in [0.25, 0.3) is 22.3 Å². The largest absolute Gasteiger partial charge is 0.497 e. The first-order valence-corrected chi connectivity index (χ1v) is 10.8. The van der Waals surface area contributed by atoms with Crippen molar-refractivity contribution < 1.29 is 32.2 Å². The lowest BCUT2D eigenvalue weighted by Gasteiger charge is -2.11. The summed E-state index contributed by atoms with van der Waals surface area (Å²) in [5.41, 5.74) is 1.54. The Morgan fingerprint density at radius 3 is 1.83 bits per heavy atom. The van der Waals surface area contributed by atoms with Crippen molar-refractivity contribution in [1.29, 1.82) is 0 Å². The van der Waals surface area contributed by atoms with Crippen molar-refractivity contribution in [2.24, 2.45) is 0 Å². The molecule has 4 aromatic rings. The third kappa shape index (κ3) is 4.63. The molecule has 0 N–H and O–H groups in total. The predicted octanol–water partition coefficient (Wildman–Crippen LogP) is 6.74. The molecule has 0 radical (unpaired) electrons. The zero-order valence-electron chi connectivity index (χ0n) is 18.6. The first-order valence-electron chi connectivity index (χ1n) is 10.8. The highest BCUT2D eigenvalue weighted by Crippen LogP contribution is 2.33. The van der Waals surface area contributed by atoms with Crippen molar-refractivity contribution in [3.05, 3.63) is 107 Å². The van der Waals surface area contributed by atoms with Crippen LogP contribution in [0.2, 0.25) is 0 Å². The van der Waals surface area contributed by atoms with Gasteiger partial charge >= 0.3 is 5.97 Å². The Labute approximate surface area is 199 Å². The van der Waals surface area contributed by atoms with E-state index in [4.69, 9.17) is 14.2 Å². The Hall–Kier alpha value is -4.10. The molecule has 0 bridgehead atoms. The van der Waals surface area contributed by atoms with Gasteiger partial charge in [0.2, 0.25) is 0 Å². The summed E-state index contributed by atoms with van der Waals surface area (Å²) in [7, 11) is 1.52. The van der Waals surface area contributed by atoms with Crippen LogP contribution in [-0.2, 0) is 4.74 Å². The van der Waals surface area contributed by atoms with Crippen molar-refractivity contribution >= 4 is 5.97 Å². The number of epoxide rings is 1. The van der Waals surface area contributed by atoms with Crippen LogP contribution < -0.4 is 9.47 Å². The molecule has 1 heterocycles. The lowest BCUT2D eigenvalue weighted by molar-refractivity contribution is 0.0730. The quantitative estimate of drug-likeness (QED) is 0.176. The van der Waals surface area contributed by atoms with Crippen LogP contribution in [0, 0.1) is 17.5 Å². The van der Waals surface area contributed by atoms with Crippen molar-refractivity contribution in [1.82, 2.24) is 0 Å². The van der Waals surface area contributed by atoms with E-state index < -0.39 is 23.4 Å². The molecule has 35 heavy (non-hydrogen) atoms. The molecule has 1 unspecified atom stereocenters. The van der Waals surface area contributed by atoms with Crippen LogP contribution >= 0.6 is 0 Å². The first-order chi connectivity index (χ1) is 16.9. The first kappa shape index (κ1) is 22.7. The number of benzene rings is 4. The summed E-state index contributed by atoms with van der Waals surface area (Å²) in [5, 5.41) is 0. The number of halogens is 3. The van der Waals surface area contributed by atoms with Crippen LogP contribution in [0.5, 0.6) is 11.5 Å². The maximum absolute atomic E-state index is 14.9. The smallest absolute Gasteiger partial charge is 0.346 e. The second-order valence-corrected chi connectivity index (χ2v) is 7.99. The number of carbonyl (C=O) groups is 1. The average molecular weight is 476 g/mol. The van der Waals surface area contributed by atoms with E-state index in [0.29, 0.717) is 29.0 Å². The molecule has 0 aliphatic carbocycles. The van der Waals surface area contributed by atoms with Gasteiger partial charge in [-0.05, 0) is 53.1 Å². The molecule has 176 valence electrons. The summed E-state index contributed by atoms with van der Waals surface area (Å²) in [4.78, 5) is 12.4. The third-order valence-corrected chi connectivity index (χ3v) is 5.78. The maximum Gasteiger partial charge on any atom is 0.346 e. The molecule has 1 saturated heterocycles. The Bertz CT molecular complexity index is 1400. The van der Waals surface area contributed by atoms with Gasteiger partial charge in [-0.2, -0.15) is 0 Å². The van der Waals surface area contributed by atoms with Gasteiger partial charge < -0.3 is 14.2 Å². The van der Waals surface area contributed by atoms with Crippen molar-refractivity contribution in [3.63, 3.8) is 0 Å². The Morgan fingerprint density at radius 2 is 1.34 bits per heavy atom. The van der Waals surface area contributed by atoms with Gasteiger partial charge in [0.25, 0.3) is 0 Å². The number of ether oxygens (including phenoxy) is 3. The van der Waals surface area contributed by atoms with E-state index >= 15 is 0 Å². The molecule has 0 amide bonds. The molecule has 7 heteroatoms. The van der Waals surface area contributed by atoms with Crippen LogP contribution in [0.3, 0.4) is 0 Å². The van der Waals surface area contributed by atoms with E-state index in [9.17, 15) is 18.0 Å². The number of methoxy groups -OCH3 is 1. The maximum atomic E-state index is 14.9. The lowest BCUT2D eigenvalue weighted by Crippen LogP contribution is -2.11. The van der Waals surface area contributed by atoms with Crippen LogP contribution in [-0.4, -0.2) is 19.7 Å². The number of esters is 1. The molecule has 0 saturated carbocycles. The molecule has 4 nitrogen and oxygen atoms in total. The summed E-state index contributed by atoms with van der Waals surface area (Å²) >= 11 is 0. The minimum Gasteiger partial charge on any atom is -0.497 e. The van der Waals surface area contributed by atoms with Gasteiger partial charge in [-0.25, -0.2) is 18.0 Å². The summed E-state index contributed by atoms with van der Waals surface area (Å²) in [6, 6.07) is 19.7.